The Labute approximate surface area is 109 Å². The molecule has 102 valence electrons. The first-order chi connectivity index (χ1) is 8.60. The lowest BCUT2D eigenvalue weighted by Crippen LogP contribution is -2.24. The Hall–Kier alpha value is -1.14. The number of aromatic nitrogens is 1. The van der Waals surface area contributed by atoms with Gasteiger partial charge in [-0.15, -0.1) is 0 Å². The molecule has 0 aromatic carbocycles. The van der Waals surface area contributed by atoms with Crippen LogP contribution in [0.3, 0.4) is 0 Å². The normalized spacial score (nSPS) is 11.4. The minimum atomic E-state index is -3.41. The van der Waals surface area contributed by atoms with Gasteiger partial charge in [0, 0.05) is 19.3 Å². The maximum Gasteiger partial charge on any atom is 0.242 e. The minimum Gasteiger partial charge on any atom is -0.370 e. The van der Waals surface area contributed by atoms with Gasteiger partial charge in [0.05, 0.1) is 0 Å². The van der Waals surface area contributed by atoms with E-state index < -0.39 is 10.0 Å². The van der Waals surface area contributed by atoms with E-state index >= 15 is 0 Å². The van der Waals surface area contributed by atoms with Crippen LogP contribution in [0.15, 0.2) is 23.2 Å². The van der Waals surface area contributed by atoms with E-state index in [1.165, 1.54) is 6.20 Å². The molecule has 1 rings (SSSR count). The molecule has 0 amide bonds. The van der Waals surface area contributed by atoms with E-state index in [0.717, 1.165) is 25.8 Å². The molecule has 0 radical (unpaired) electrons. The van der Waals surface area contributed by atoms with Gasteiger partial charge in [0.2, 0.25) is 10.0 Å². The first-order valence-electron chi connectivity index (χ1n) is 6.29. The summed E-state index contributed by atoms with van der Waals surface area (Å²) >= 11 is 0. The molecule has 0 aliphatic heterocycles. The molecule has 0 saturated carbocycles. The molecule has 1 aromatic heterocycles. The molecule has 0 saturated heterocycles. The highest BCUT2D eigenvalue weighted by molar-refractivity contribution is 7.89. The monoisotopic (exact) mass is 271 g/mol. The number of nitrogens with zero attached hydrogens (tertiary/aromatic N) is 1. The molecule has 0 spiro atoms. The van der Waals surface area contributed by atoms with Gasteiger partial charge >= 0.3 is 0 Å². The number of anilines is 1. The predicted octanol–water partition coefficient (Wildman–Crippen LogP) is 1.98. The van der Waals surface area contributed by atoms with Gasteiger partial charge in [0.25, 0.3) is 0 Å². The Balaban J connectivity index is 2.61. The molecule has 1 heterocycles. The first-order valence-corrected chi connectivity index (χ1v) is 7.78. The maximum absolute atomic E-state index is 11.9. The van der Waals surface area contributed by atoms with E-state index in [2.05, 4.69) is 21.9 Å². The van der Waals surface area contributed by atoms with Gasteiger partial charge in [-0.2, -0.15) is 0 Å². The van der Waals surface area contributed by atoms with Crippen molar-refractivity contribution in [1.29, 1.82) is 0 Å². The van der Waals surface area contributed by atoms with Gasteiger partial charge in [-0.05, 0) is 25.5 Å². The van der Waals surface area contributed by atoms with Crippen molar-refractivity contribution in [2.45, 2.75) is 38.0 Å². The molecule has 1 aromatic rings. The summed E-state index contributed by atoms with van der Waals surface area (Å²) in [6, 6.07) is 3.23. The Bertz CT molecular complexity index is 443. The summed E-state index contributed by atoms with van der Waals surface area (Å²) in [6.45, 7) is 5.28. The molecule has 0 atom stereocenters. The van der Waals surface area contributed by atoms with E-state index in [4.69, 9.17) is 0 Å². The second-order valence-corrected chi connectivity index (χ2v) is 5.78. The van der Waals surface area contributed by atoms with Gasteiger partial charge in [0.15, 0.2) is 0 Å². The highest BCUT2D eigenvalue weighted by Gasteiger charge is 2.13. The van der Waals surface area contributed by atoms with Crippen molar-refractivity contribution >= 4 is 15.8 Å². The number of hydrogen-bond acceptors (Lipinski definition) is 4. The van der Waals surface area contributed by atoms with E-state index in [1.54, 1.807) is 12.1 Å². The average molecular weight is 271 g/mol. The third-order valence-electron chi connectivity index (χ3n) is 2.48. The van der Waals surface area contributed by atoms with Crippen LogP contribution in [0.2, 0.25) is 0 Å². The van der Waals surface area contributed by atoms with Crippen molar-refractivity contribution in [3.8, 4) is 0 Å². The number of nitrogens with one attached hydrogen (secondary N) is 2. The van der Waals surface area contributed by atoms with E-state index in [0.29, 0.717) is 12.4 Å². The highest BCUT2D eigenvalue weighted by atomic mass is 32.2. The van der Waals surface area contributed by atoms with Gasteiger partial charge in [-0.1, -0.05) is 19.8 Å². The smallest absolute Gasteiger partial charge is 0.242 e. The molecular formula is C12H21N3O2S. The second-order valence-electron chi connectivity index (χ2n) is 4.01. The zero-order chi connectivity index (χ0) is 13.4. The lowest BCUT2D eigenvalue weighted by molar-refractivity contribution is 0.575. The Kier molecular flexibility index (Phi) is 6.07. The summed E-state index contributed by atoms with van der Waals surface area (Å²) in [5.41, 5.74) is 0. The second kappa shape index (κ2) is 7.33. The Morgan fingerprint density at radius 2 is 2.00 bits per heavy atom. The van der Waals surface area contributed by atoms with Crippen LogP contribution in [0, 0.1) is 0 Å². The topological polar surface area (TPSA) is 71.1 Å². The molecule has 0 bridgehead atoms. The van der Waals surface area contributed by atoms with E-state index in [1.807, 2.05) is 6.92 Å². The van der Waals surface area contributed by atoms with E-state index in [9.17, 15) is 8.42 Å². The fraction of sp³-hybridized carbons (Fsp3) is 0.583. The summed E-state index contributed by atoms with van der Waals surface area (Å²) in [7, 11) is -3.41. The van der Waals surface area contributed by atoms with Crippen LogP contribution in [0.25, 0.3) is 0 Å². The van der Waals surface area contributed by atoms with Gasteiger partial charge < -0.3 is 5.32 Å². The fourth-order valence-electron chi connectivity index (χ4n) is 1.49. The lowest BCUT2D eigenvalue weighted by atomic mass is 10.3. The molecule has 0 fully saturated rings. The third-order valence-corrected chi connectivity index (χ3v) is 3.92. The van der Waals surface area contributed by atoms with Gasteiger partial charge in [-0.25, -0.2) is 18.1 Å². The predicted molar refractivity (Wildman–Crippen MR) is 73.1 cm³/mol. The maximum atomic E-state index is 11.9. The molecule has 18 heavy (non-hydrogen) atoms. The fourth-order valence-corrected chi connectivity index (χ4v) is 2.51. The number of unbranched alkanes of at least 4 members (excludes halogenated alkanes) is 2. The zero-order valence-electron chi connectivity index (χ0n) is 10.9. The molecule has 2 N–H and O–H groups in total. The van der Waals surface area contributed by atoms with Crippen molar-refractivity contribution in [2.75, 3.05) is 18.4 Å². The number of pyridine rings is 1. The molecule has 0 aliphatic carbocycles. The minimum absolute atomic E-state index is 0.209. The molecule has 0 unspecified atom stereocenters. The van der Waals surface area contributed by atoms with Crippen molar-refractivity contribution in [1.82, 2.24) is 9.71 Å². The molecule has 6 heteroatoms. The van der Waals surface area contributed by atoms with Crippen LogP contribution in [0.1, 0.15) is 33.1 Å². The molecule has 5 nitrogen and oxygen atoms in total. The third kappa shape index (κ3) is 4.62. The number of sulfonamides is 1. The molecule has 0 aliphatic rings. The standard InChI is InChI=1S/C12H21N3O2S/c1-3-5-6-9-15-18(16,17)11-7-8-12(13-4-2)14-10-11/h7-8,10,15H,3-6,9H2,1-2H3,(H,13,14). The summed E-state index contributed by atoms with van der Waals surface area (Å²) in [5.74, 6) is 0.683. The quantitative estimate of drug-likeness (QED) is 0.709. The summed E-state index contributed by atoms with van der Waals surface area (Å²) in [5, 5.41) is 3.02. The Morgan fingerprint density at radius 1 is 1.22 bits per heavy atom. The highest BCUT2D eigenvalue weighted by Crippen LogP contribution is 2.10. The van der Waals surface area contributed by atoms with Crippen molar-refractivity contribution < 1.29 is 8.42 Å². The largest absolute Gasteiger partial charge is 0.370 e. The summed E-state index contributed by atoms with van der Waals surface area (Å²) < 4.78 is 26.4. The number of rotatable bonds is 8. The number of hydrogen-bond donors (Lipinski definition) is 2. The SMILES string of the molecule is CCCCCNS(=O)(=O)c1ccc(NCC)nc1. The van der Waals surface area contributed by atoms with Crippen molar-refractivity contribution in [3.63, 3.8) is 0 Å². The Morgan fingerprint density at radius 3 is 2.56 bits per heavy atom. The molecular weight excluding hydrogens is 250 g/mol. The summed E-state index contributed by atoms with van der Waals surface area (Å²) in [6.07, 6.45) is 4.33. The van der Waals surface area contributed by atoms with Crippen LogP contribution >= 0.6 is 0 Å². The van der Waals surface area contributed by atoms with Gasteiger partial charge in [0.1, 0.15) is 10.7 Å². The summed E-state index contributed by atoms with van der Waals surface area (Å²) in [4.78, 5) is 4.26. The van der Waals surface area contributed by atoms with Crippen LogP contribution in [0.4, 0.5) is 5.82 Å². The zero-order valence-corrected chi connectivity index (χ0v) is 11.8. The first kappa shape index (κ1) is 14.9. The van der Waals surface area contributed by atoms with Crippen molar-refractivity contribution in [2.24, 2.45) is 0 Å². The lowest BCUT2D eigenvalue weighted by Gasteiger charge is -2.07. The van der Waals surface area contributed by atoms with Crippen LogP contribution in [0.5, 0.6) is 0 Å². The van der Waals surface area contributed by atoms with Crippen LogP contribution in [-0.2, 0) is 10.0 Å². The average Bonchev–Trinajstić information content (AvgIpc) is 2.36. The van der Waals surface area contributed by atoms with E-state index in [-0.39, 0.29) is 4.90 Å². The van der Waals surface area contributed by atoms with Crippen LogP contribution < -0.4 is 10.0 Å². The van der Waals surface area contributed by atoms with Gasteiger partial charge in [-0.3, -0.25) is 0 Å². The van der Waals surface area contributed by atoms with Crippen molar-refractivity contribution in [3.05, 3.63) is 18.3 Å². The van der Waals surface area contributed by atoms with Crippen LogP contribution in [-0.4, -0.2) is 26.5 Å².